The highest BCUT2D eigenvalue weighted by molar-refractivity contribution is 8.93. The quantitative estimate of drug-likeness (QED) is 0.467. The molecule has 0 aliphatic heterocycles. The van der Waals surface area contributed by atoms with Crippen LogP contribution in [0.1, 0.15) is 16.8 Å². The largest absolute Gasteiger partial charge is 0.332 e. The minimum Gasteiger partial charge on any atom is -0.332 e. The molecular formula is C19H19BrN4S. The van der Waals surface area contributed by atoms with Gasteiger partial charge in [-0.25, -0.2) is 9.97 Å². The van der Waals surface area contributed by atoms with Gasteiger partial charge in [-0.1, -0.05) is 23.8 Å². The average molecular weight is 415 g/mol. The summed E-state index contributed by atoms with van der Waals surface area (Å²) in [6.45, 7) is 6.20. The van der Waals surface area contributed by atoms with E-state index in [4.69, 9.17) is 9.97 Å². The number of hydrogen-bond acceptors (Lipinski definition) is 4. The van der Waals surface area contributed by atoms with Gasteiger partial charge in [-0.3, -0.25) is 4.40 Å². The number of imidazole rings is 1. The van der Waals surface area contributed by atoms with E-state index in [2.05, 4.69) is 59.3 Å². The molecule has 4 aromatic rings. The van der Waals surface area contributed by atoms with Crippen molar-refractivity contribution < 1.29 is 0 Å². The van der Waals surface area contributed by atoms with Crippen LogP contribution in [0.25, 0.3) is 17.0 Å². The molecule has 6 heteroatoms. The van der Waals surface area contributed by atoms with Crippen LogP contribution in [0.4, 0.5) is 10.8 Å². The van der Waals surface area contributed by atoms with Crippen LogP contribution in [0.2, 0.25) is 0 Å². The number of nitrogens with one attached hydrogen (secondary N) is 1. The molecule has 0 atom stereocenters. The zero-order valence-electron chi connectivity index (χ0n) is 14.3. The van der Waals surface area contributed by atoms with Crippen molar-refractivity contribution in [2.24, 2.45) is 0 Å². The Labute approximate surface area is 161 Å². The lowest BCUT2D eigenvalue weighted by molar-refractivity contribution is 1.15. The van der Waals surface area contributed by atoms with E-state index in [1.807, 2.05) is 19.2 Å². The Balaban J connectivity index is 0.00000182. The number of nitrogens with zero attached hydrogens (tertiary/aromatic N) is 3. The summed E-state index contributed by atoms with van der Waals surface area (Å²) >= 11 is 1.60. The van der Waals surface area contributed by atoms with Crippen LogP contribution in [-0.2, 0) is 0 Å². The minimum atomic E-state index is 0. The molecule has 0 amide bonds. The van der Waals surface area contributed by atoms with E-state index < -0.39 is 0 Å². The highest BCUT2D eigenvalue weighted by atomic mass is 79.9. The molecule has 4 rings (SSSR count). The fourth-order valence-corrected chi connectivity index (χ4v) is 3.54. The molecule has 0 fully saturated rings. The maximum Gasteiger partial charge on any atom is 0.187 e. The van der Waals surface area contributed by atoms with Gasteiger partial charge in [0.1, 0.15) is 11.3 Å². The maximum atomic E-state index is 4.76. The molecule has 3 aromatic heterocycles. The standard InChI is InChI=1S/C19H18N4S.BrH/c1-12-6-8-15(9-7-12)21-19-22-16(11-24-19)17-14(3)20-18-13(2)5-4-10-23(17)18;/h4-11H,1-3H3,(H,21,22);1H. The molecule has 4 nitrogen and oxygen atoms in total. The Morgan fingerprint density at radius 3 is 2.52 bits per heavy atom. The second-order valence-electron chi connectivity index (χ2n) is 5.96. The number of fused-ring (bicyclic) bond motifs is 1. The van der Waals surface area contributed by atoms with Crippen molar-refractivity contribution in [3.05, 3.63) is 64.8 Å². The molecule has 0 aliphatic carbocycles. The highest BCUT2D eigenvalue weighted by Gasteiger charge is 2.15. The molecule has 0 saturated heterocycles. The van der Waals surface area contributed by atoms with Crippen molar-refractivity contribution in [1.82, 2.24) is 14.4 Å². The van der Waals surface area contributed by atoms with E-state index in [9.17, 15) is 0 Å². The second-order valence-corrected chi connectivity index (χ2v) is 6.82. The first-order chi connectivity index (χ1) is 11.6. The fourth-order valence-electron chi connectivity index (χ4n) is 2.83. The highest BCUT2D eigenvalue weighted by Crippen LogP contribution is 2.30. The summed E-state index contributed by atoms with van der Waals surface area (Å²) in [6, 6.07) is 12.4. The van der Waals surface area contributed by atoms with Crippen LogP contribution in [0.15, 0.2) is 48.0 Å². The fraction of sp³-hybridized carbons (Fsp3) is 0.158. The topological polar surface area (TPSA) is 42.2 Å². The first-order valence-electron chi connectivity index (χ1n) is 7.86. The third kappa shape index (κ3) is 3.32. The predicted molar refractivity (Wildman–Crippen MR) is 111 cm³/mol. The molecule has 0 radical (unpaired) electrons. The molecule has 0 aliphatic rings. The average Bonchev–Trinajstić information content (AvgIpc) is 3.14. The van der Waals surface area contributed by atoms with E-state index >= 15 is 0 Å². The Bertz CT molecular complexity index is 1020. The number of aryl methyl sites for hydroxylation is 3. The molecular weight excluding hydrogens is 396 g/mol. The summed E-state index contributed by atoms with van der Waals surface area (Å²) in [5, 5.41) is 6.33. The lowest BCUT2D eigenvalue weighted by Gasteiger charge is -2.03. The Morgan fingerprint density at radius 1 is 1.00 bits per heavy atom. The van der Waals surface area contributed by atoms with E-state index in [1.165, 1.54) is 11.1 Å². The van der Waals surface area contributed by atoms with Gasteiger partial charge in [-0.05, 0) is 44.5 Å². The number of pyridine rings is 1. The maximum absolute atomic E-state index is 4.76. The lowest BCUT2D eigenvalue weighted by atomic mass is 10.2. The molecule has 1 aromatic carbocycles. The van der Waals surface area contributed by atoms with Crippen molar-refractivity contribution in [2.75, 3.05) is 5.32 Å². The van der Waals surface area contributed by atoms with Gasteiger partial charge in [0.2, 0.25) is 0 Å². The monoisotopic (exact) mass is 414 g/mol. The zero-order valence-corrected chi connectivity index (χ0v) is 16.8. The number of benzene rings is 1. The van der Waals surface area contributed by atoms with Gasteiger partial charge in [-0.15, -0.1) is 28.3 Å². The van der Waals surface area contributed by atoms with Crippen molar-refractivity contribution in [1.29, 1.82) is 0 Å². The molecule has 0 saturated carbocycles. The normalized spacial score (nSPS) is 10.7. The Morgan fingerprint density at radius 2 is 1.76 bits per heavy atom. The van der Waals surface area contributed by atoms with Gasteiger partial charge in [0, 0.05) is 17.3 Å². The SMILES string of the molecule is Br.Cc1ccc(Nc2nc(-c3c(C)nc4c(C)cccn34)cs2)cc1. The molecule has 25 heavy (non-hydrogen) atoms. The summed E-state index contributed by atoms with van der Waals surface area (Å²) in [5.74, 6) is 0. The van der Waals surface area contributed by atoms with Gasteiger partial charge in [-0.2, -0.15) is 0 Å². The summed E-state index contributed by atoms with van der Waals surface area (Å²) in [7, 11) is 0. The predicted octanol–water partition coefficient (Wildman–Crippen LogP) is 5.70. The number of halogens is 1. The van der Waals surface area contributed by atoms with Crippen LogP contribution >= 0.6 is 28.3 Å². The van der Waals surface area contributed by atoms with E-state index in [0.29, 0.717) is 0 Å². The summed E-state index contributed by atoms with van der Waals surface area (Å²) < 4.78 is 2.12. The van der Waals surface area contributed by atoms with Crippen molar-refractivity contribution >= 4 is 44.8 Å². The van der Waals surface area contributed by atoms with Crippen molar-refractivity contribution in [3.63, 3.8) is 0 Å². The number of thiazole rings is 1. The zero-order chi connectivity index (χ0) is 16.7. The Hall–Kier alpha value is -2.18. The molecule has 128 valence electrons. The van der Waals surface area contributed by atoms with Crippen LogP contribution < -0.4 is 5.32 Å². The number of aromatic nitrogens is 3. The summed E-state index contributed by atoms with van der Waals surface area (Å²) in [4.78, 5) is 9.46. The number of rotatable bonds is 3. The van der Waals surface area contributed by atoms with E-state index in [1.54, 1.807) is 11.3 Å². The lowest BCUT2D eigenvalue weighted by Crippen LogP contribution is -1.92. The van der Waals surface area contributed by atoms with Gasteiger partial charge in [0.25, 0.3) is 0 Å². The molecule has 3 heterocycles. The number of hydrogen-bond donors (Lipinski definition) is 1. The van der Waals surface area contributed by atoms with E-state index in [-0.39, 0.29) is 17.0 Å². The van der Waals surface area contributed by atoms with Gasteiger partial charge in [0.05, 0.1) is 11.4 Å². The summed E-state index contributed by atoms with van der Waals surface area (Å²) in [5.41, 5.74) is 7.46. The second kappa shape index (κ2) is 6.98. The van der Waals surface area contributed by atoms with Crippen molar-refractivity contribution in [2.45, 2.75) is 20.8 Å². The first-order valence-corrected chi connectivity index (χ1v) is 8.73. The van der Waals surface area contributed by atoms with Gasteiger partial charge >= 0.3 is 0 Å². The third-order valence-corrected chi connectivity index (χ3v) is 4.83. The molecule has 1 N–H and O–H groups in total. The molecule has 0 unspecified atom stereocenters. The first kappa shape index (κ1) is 17.6. The van der Waals surface area contributed by atoms with Gasteiger partial charge in [0.15, 0.2) is 5.13 Å². The van der Waals surface area contributed by atoms with Crippen LogP contribution in [0, 0.1) is 20.8 Å². The molecule has 0 spiro atoms. The van der Waals surface area contributed by atoms with Crippen molar-refractivity contribution in [3.8, 4) is 11.4 Å². The van der Waals surface area contributed by atoms with Crippen LogP contribution in [0.3, 0.4) is 0 Å². The van der Waals surface area contributed by atoms with Crippen LogP contribution in [0.5, 0.6) is 0 Å². The smallest absolute Gasteiger partial charge is 0.187 e. The van der Waals surface area contributed by atoms with E-state index in [0.717, 1.165) is 33.5 Å². The Kier molecular flexibility index (Phi) is 4.92. The minimum absolute atomic E-state index is 0. The number of anilines is 2. The summed E-state index contributed by atoms with van der Waals surface area (Å²) in [6.07, 6.45) is 2.05. The van der Waals surface area contributed by atoms with Crippen LogP contribution in [-0.4, -0.2) is 14.4 Å². The molecule has 0 bridgehead atoms. The third-order valence-electron chi connectivity index (χ3n) is 4.07. The van der Waals surface area contributed by atoms with Gasteiger partial charge < -0.3 is 5.32 Å².